The molecule has 21 heavy (non-hydrogen) atoms. The van der Waals surface area contributed by atoms with Gasteiger partial charge in [0.05, 0.1) is 7.11 Å². The smallest absolute Gasteiger partial charge is 0.170 e. The summed E-state index contributed by atoms with van der Waals surface area (Å²) in [5.41, 5.74) is 7.26. The molecule has 0 radical (unpaired) electrons. The van der Waals surface area contributed by atoms with Gasteiger partial charge >= 0.3 is 0 Å². The van der Waals surface area contributed by atoms with Crippen molar-refractivity contribution in [2.45, 2.75) is 32.9 Å². The first-order valence-corrected chi connectivity index (χ1v) is 7.03. The molecule has 6 nitrogen and oxygen atoms in total. The molecule has 118 valence electrons. The van der Waals surface area contributed by atoms with E-state index in [9.17, 15) is 0 Å². The number of ether oxygens (including phenoxy) is 1. The van der Waals surface area contributed by atoms with Crippen LogP contribution in [0.5, 0.6) is 5.75 Å². The summed E-state index contributed by atoms with van der Waals surface area (Å²) >= 11 is 0. The molecular formula is C15H25N3O3. The topological polar surface area (TPSA) is 91.3 Å². The molecule has 0 saturated heterocycles. The highest BCUT2D eigenvalue weighted by molar-refractivity contribution is 5.97. The van der Waals surface area contributed by atoms with Crippen LogP contribution in [0.25, 0.3) is 0 Å². The van der Waals surface area contributed by atoms with E-state index in [-0.39, 0.29) is 12.4 Å². The molecule has 0 saturated carbocycles. The zero-order valence-corrected chi connectivity index (χ0v) is 12.9. The number of hydrogen-bond acceptors (Lipinski definition) is 5. The standard InChI is InChI=1S/C15H25N3O3/c1-11(2)18(7-4-8-19)10-13-9-12(15(16)17-20)5-6-14(13)21-3/h5-6,9,11,19-20H,4,7-8,10H2,1-3H3,(H2,16,17). The molecule has 0 bridgehead atoms. The lowest BCUT2D eigenvalue weighted by molar-refractivity contribution is 0.183. The highest BCUT2D eigenvalue weighted by Gasteiger charge is 2.14. The second-order valence-corrected chi connectivity index (χ2v) is 5.15. The number of aliphatic hydroxyl groups excluding tert-OH is 1. The van der Waals surface area contributed by atoms with E-state index in [2.05, 4.69) is 23.9 Å². The molecular weight excluding hydrogens is 270 g/mol. The van der Waals surface area contributed by atoms with E-state index >= 15 is 0 Å². The van der Waals surface area contributed by atoms with Crippen LogP contribution in [-0.4, -0.2) is 47.4 Å². The largest absolute Gasteiger partial charge is 0.496 e. The van der Waals surface area contributed by atoms with Crippen molar-refractivity contribution < 1.29 is 15.1 Å². The summed E-state index contributed by atoms with van der Waals surface area (Å²) < 4.78 is 5.38. The number of hydrogen-bond donors (Lipinski definition) is 3. The Hall–Kier alpha value is -1.79. The van der Waals surface area contributed by atoms with Crippen LogP contribution < -0.4 is 10.5 Å². The summed E-state index contributed by atoms with van der Waals surface area (Å²) in [5, 5.41) is 20.8. The Morgan fingerprint density at radius 2 is 2.14 bits per heavy atom. The monoisotopic (exact) mass is 295 g/mol. The minimum absolute atomic E-state index is 0.0744. The van der Waals surface area contributed by atoms with E-state index in [1.165, 1.54) is 0 Å². The highest BCUT2D eigenvalue weighted by atomic mass is 16.5. The number of rotatable bonds is 8. The van der Waals surface area contributed by atoms with Crippen LogP contribution in [0, 0.1) is 0 Å². The van der Waals surface area contributed by atoms with Gasteiger partial charge in [0.25, 0.3) is 0 Å². The third kappa shape index (κ3) is 4.91. The number of nitrogens with zero attached hydrogens (tertiary/aromatic N) is 2. The number of aliphatic hydroxyl groups is 1. The molecule has 1 aromatic rings. The predicted octanol–water partition coefficient (Wildman–Crippen LogP) is 1.38. The zero-order chi connectivity index (χ0) is 15.8. The summed E-state index contributed by atoms with van der Waals surface area (Å²) in [6.45, 7) is 5.86. The summed E-state index contributed by atoms with van der Waals surface area (Å²) in [4.78, 5) is 2.24. The van der Waals surface area contributed by atoms with Crippen LogP contribution in [0.4, 0.5) is 0 Å². The van der Waals surface area contributed by atoms with Crippen LogP contribution >= 0.6 is 0 Å². The van der Waals surface area contributed by atoms with Gasteiger partial charge in [0.15, 0.2) is 5.84 Å². The van der Waals surface area contributed by atoms with Gasteiger partial charge in [-0.25, -0.2) is 0 Å². The lowest BCUT2D eigenvalue weighted by Crippen LogP contribution is -2.32. The van der Waals surface area contributed by atoms with Crippen molar-refractivity contribution in [3.05, 3.63) is 29.3 Å². The van der Waals surface area contributed by atoms with Crippen molar-refractivity contribution in [2.75, 3.05) is 20.3 Å². The minimum Gasteiger partial charge on any atom is -0.496 e. The normalized spacial score (nSPS) is 12.2. The van der Waals surface area contributed by atoms with E-state index in [0.717, 1.165) is 24.3 Å². The van der Waals surface area contributed by atoms with E-state index in [0.29, 0.717) is 18.2 Å². The summed E-state index contributed by atoms with van der Waals surface area (Å²) in [5.74, 6) is 0.837. The number of benzene rings is 1. The van der Waals surface area contributed by atoms with Crippen molar-refractivity contribution >= 4 is 5.84 Å². The first-order chi connectivity index (χ1) is 10.0. The third-order valence-electron chi connectivity index (χ3n) is 3.39. The van der Waals surface area contributed by atoms with Crippen LogP contribution in [0.2, 0.25) is 0 Å². The van der Waals surface area contributed by atoms with Gasteiger partial charge in [0, 0.05) is 36.9 Å². The molecule has 0 unspecified atom stereocenters. The fourth-order valence-corrected chi connectivity index (χ4v) is 2.13. The molecule has 4 N–H and O–H groups in total. The average Bonchev–Trinajstić information content (AvgIpc) is 2.50. The summed E-state index contributed by atoms with van der Waals surface area (Å²) in [7, 11) is 1.62. The average molecular weight is 295 g/mol. The third-order valence-corrected chi connectivity index (χ3v) is 3.39. The number of oxime groups is 1. The second-order valence-electron chi connectivity index (χ2n) is 5.15. The van der Waals surface area contributed by atoms with Crippen molar-refractivity contribution in [2.24, 2.45) is 10.9 Å². The zero-order valence-electron chi connectivity index (χ0n) is 12.9. The number of nitrogens with two attached hydrogens (primary N) is 1. The van der Waals surface area contributed by atoms with Gasteiger partial charge in [-0.1, -0.05) is 5.16 Å². The molecule has 0 aliphatic rings. The van der Waals surface area contributed by atoms with E-state index in [1.807, 2.05) is 12.1 Å². The number of amidine groups is 1. The van der Waals surface area contributed by atoms with Gasteiger partial charge in [-0.3, -0.25) is 4.90 Å². The molecule has 0 heterocycles. The highest BCUT2D eigenvalue weighted by Crippen LogP contribution is 2.22. The fraction of sp³-hybridized carbons (Fsp3) is 0.533. The van der Waals surface area contributed by atoms with Crippen LogP contribution in [0.1, 0.15) is 31.4 Å². The Balaban J connectivity index is 3.02. The Morgan fingerprint density at radius 1 is 1.43 bits per heavy atom. The second kappa shape index (κ2) is 8.49. The summed E-state index contributed by atoms with van der Waals surface area (Å²) in [6, 6.07) is 5.77. The number of methoxy groups -OCH3 is 1. The Bertz CT molecular complexity index is 475. The van der Waals surface area contributed by atoms with Gasteiger partial charge in [0.1, 0.15) is 5.75 Å². The maximum Gasteiger partial charge on any atom is 0.170 e. The van der Waals surface area contributed by atoms with Gasteiger partial charge in [-0.2, -0.15) is 0 Å². The Morgan fingerprint density at radius 3 is 2.67 bits per heavy atom. The van der Waals surface area contributed by atoms with E-state index in [4.69, 9.17) is 20.8 Å². The van der Waals surface area contributed by atoms with Gasteiger partial charge in [-0.05, 0) is 38.5 Å². The molecule has 0 aliphatic heterocycles. The first-order valence-electron chi connectivity index (χ1n) is 7.03. The van der Waals surface area contributed by atoms with Gasteiger partial charge in [-0.15, -0.1) is 0 Å². The molecule has 0 spiro atoms. The van der Waals surface area contributed by atoms with Crippen molar-refractivity contribution in [1.29, 1.82) is 0 Å². The van der Waals surface area contributed by atoms with Crippen LogP contribution in [0.3, 0.4) is 0 Å². The molecule has 6 heteroatoms. The molecule has 0 aliphatic carbocycles. The Labute approximate surface area is 125 Å². The van der Waals surface area contributed by atoms with Gasteiger partial charge < -0.3 is 20.8 Å². The predicted molar refractivity (Wildman–Crippen MR) is 82.8 cm³/mol. The molecule has 1 rings (SSSR count). The van der Waals surface area contributed by atoms with Crippen molar-refractivity contribution in [3.8, 4) is 5.75 Å². The minimum atomic E-state index is 0.0744. The molecule has 0 fully saturated rings. The fourth-order valence-electron chi connectivity index (χ4n) is 2.13. The van der Waals surface area contributed by atoms with Gasteiger partial charge in [0.2, 0.25) is 0 Å². The lowest BCUT2D eigenvalue weighted by atomic mass is 10.1. The molecule has 1 aromatic carbocycles. The SMILES string of the molecule is COc1ccc(/C(N)=N/O)cc1CN(CCCO)C(C)C. The van der Waals surface area contributed by atoms with Crippen molar-refractivity contribution in [1.82, 2.24) is 4.90 Å². The van der Waals surface area contributed by atoms with Crippen LogP contribution in [0.15, 0.2) is 23.4 Å². The molecule has 0 aromatic heterocycles. The van der Waals surface area contributed by atoms with Crippen LogP contribution in [-0.2, 0) is 6.54 Å². The summed E-state index contributed by atoms with van der Waals surface area (Å²) in [6.07, 6.45) is 0.723. The maximum absolute atomic E-state index is 9.00. The lowest BCUT2D eigenvalue weighted by Gasteiger charge is -2.27. The molecule has 0 amide bonds. The Kier molecular flexibility index (Phi) is 6.98. The maximum atomic E-state index is 9.00. The van der Waals surface area contributed by atoms with Crippen molar-refractivity contribution in [3.63, 3.8) is 0 Å². The first kappa shape index (κ1) is 17.3. The van der Waals surface area contributed by atoms with E-state index < -0.39 is 0 Å². The van der Waals surface area contributed by atoms with E-state index in [1.54, 1.807) is 13.2 Å². The molecule has 0 atom stereocenters. The quantitative estimate of drug-likeness (QED) is 0.292.